The minimum Gasteiger partial charge on any atom is -0.354 e. The molecule has 0 aromatic heterocycles. The first-order valence-corrected chi connectivity index (χ1v) is 5.59. The molecule has 0 heterocycles. The van der Waals surface area contributed by atoms with E-state index in [1.54, 1.807) is 14.2 Å². The van der Waals surface area contributed by atoms with Gasteiger partial charge < -0.3 is 20.1 Å². The van der Waals surface area contributed by atoms with Crippen LogP contribution in [0, 0.1) is 0 Å². The van der Waals surface area contributed by atoms with Crippen LogP contribution in [0.3, 0.4) is 0 Å². The molecule has 2 N–H and O–H groups in total. The lowest BCUT2D eigenvalue weighted by molar-refractivity contribution is -0.135. The molecule has 0 aromatic carbocycles. The van der Waals surface area contributed by atoms with E-state index in [-0.39, 0.29) is 11.9 Å². The maximum atomic E-state index is 11.5. The summed E-state index contributed by atoms with van der Waals surface area (Å²) in [6, 6.07) is 0.248. The normalized spacial score (nSPS) is 13.2. The van der Waals surface area contributed by atoms with E-state index in [1.165, 1.54) is 0 Å². The molecular formula is C11H24N2O3. The van der Waals surface area contributed by atoms with Crippen LogP contribution in [0.15, 0.2) is 0 Å². The Bertz CT molecular complexity index is 194. The van der Waals surface area contributed by atoms with Crippen molar-refractivity contribution in [3.05, 3.63) is 0 Å². The molecule has 1 amide bonds. The summed E-state index contributed by atoms with van der Waals surface area (Å²) < 4.78 is 10.1. The zero-order valence-corrected chi connectivity index (χ0v) is 10.9. The summed E-state index contributed by atoms with van der Waals surface area (Å²) in [7, 11) is 3.11. The Morgan fingerprint density at radius 1 is 1.19 bits per heavy atom. The lowest BCUT2D eigenvalue weighted by Crippen LogP contribution is -2.43. The van der Waals surface area contributed by atoms with Crippen LogP contribution in [-0.2, 0) is 14.3 Å². The van der Waals surface area contributed by atoms with E-state index in [0.29, 0.717) is 19.0 Å². The highest BCUT2D eigenvalue weighted by molar-refractivity contribution is 5.76. The van der Waals surface area contributed by atoms with Crippen molar-refractivity contribution in [1.29, 1.82) is 0 Å². The number of amides is 1. The lowest BCUT2D eigenvalue weighted by atomic mass is 10.3. The number of ether oxygens (including phenoxy) is 2. The first-order valence-electron chi connectivity index (χ1n) is 5.59. The minimum absolute atomic E-state index is 0.000231. The fourth-order valence-corrected chi connectivity index (χ4v) is 1.37. The molecule has 0 radical (unpaired) electrons. The third kappa shape index (κ3) is 6.76. The molecule has 0 saturated carbocycles. The molecule has 0 rings (SSSR count). The number of nitrogens with one attached hydrogen (secondary N) is 2. The van der Waals surface area contributed by atoms with Crippen molar-refractivity contribution < 1.29 is 14.3 Å². The van der Waals surface area contributed by atoms with Crippen molar-refractivity contribution in [3.8, 4) is 0 Å². The second kappa shape index (κ2) is 8.50. The fraction of sp³-hybridized carbons (Fsp3) is 0.909. The van der Waals surface area contributed by atoms with E-state index in [1.807, 2.05) is 20.8 Å². The number of rotatable bonds is 8. The van der Waals surface area contributed by atoms with Crippen LogP contribution in [0.4, 0.5) is 0 Å². The maximum Gasteiger partial charge on any atom is 0.221 e. The Morgan fingerprint density at radius 2 is 1.75 bits per heavy atom. The Morgan fingerprint density at radius 3 is 2.19 bits per heavy atom. The van der Waals surface area contributed by atoms with Crippen molar-refractivity contribution in [2.24, 2.45) is 0 Å². The Balaban J connectivity index is 3.77. The van der Waals surface area contributed by atoms with Gasteiger partial charge >= 0.3 is 0 Å². The molecule has 0 fully saturated rings. The van der Waals surface area contributed by atoms with Crippen molar-refractivity contribution in [3.63, 3.8) is 0 Å². The molecule has 5 heteroatoms. The van der Waals surface area contributed by atoms with Crippen LogP contribution in [0.5, 0.6) is 0 Å². The highest BCUT2D eigenvalue weighted by Gasteiger charge is 2.17. The number of methoxy groups -OCH3 is 2. The molecule has 0 aromatic rings. The first kappa shape index (κ1) is 15.3. The highest BCUT2D eigenvalue weighted by Crippen LogP contribution is 1.98. The molecule has 1 unspecified atom stereocenters. The summed E-state index contributed by atoms with van der Waals surface area (Å²) in [6.07, 6.45) is 0.0601. The third-order valence-corrected chi connectivity index (χ3v) is 2.17. The van der Waals surface area contributed by atoms with E-state index < -0.39 is 6.29 Å². The van der Waals surface area contributed by atoms with Gasteiger partial charge in [0.25, 0.3) is 0 Å². The Hall–Kier alpha value is -0.650. The van der Waals surface area contributed by atoms with Crippen LogP contribution in [0.2, 0.25) is 0 Å². The minimum atomic E-state index is -0.401. The van der Waals surface area contributed by atoms with Gasteiger partial charge in [-0.1, -0.05) is 13.8 Å². The topological polar surface area (TPSA) is 59.6 Å². The number of hydrogen-bond acceptors (Lipinski definition) is 4. The third-order valence-electron chi connectivity index (χ3n) is 2.17. The zero-order valence-electron chi connectivity index (χ0n) is 10.9. The second-order valence-electron chi connectivity index (χ2n) is 4.05. The standard InChI is InChI=1S/C11H24N2O3/c1-8(2)12-7-6-10(14)13-9(3)11(15-4)16-5/h8-9,11-12H,6-7H2,1-5H3,(H,13,14). The van der Waals surface area contributed by atoms with E-state index in [0.717, 1.165) is 0 Å². The van der Waals surface area contributed by atoms with Crippen molar-refractivity contribution in [2.45, 2.75) is 45.6 Å². The van der Waals surface area contributed by atoms with Gasteiger partial charge in [0.15, 0.2) is 6.29 Å². The van der Waals surface area contributed by atoms with Gasteiger partial charge in [-0.15, -0.1) is 0 Å². The number of hydrogen-bond donors (Lipinski definition) is 2. The van der Waals surface area contributed by atoms with Crippen LogP contribution in [-0.4, -0.2) is 45.0 Å². The van der Waals surface area contributed by atoms with E-state index in [4.69, 9.17) is 9.47 Å². The van der Waals surface area contributed by atoms with Gasteiger partial charge in [-0.05, 0) is 6.92 Å². The predicted octanol–water partition coefficient (Wildman–Crippen LogP) is 0.498. The molecule has 0 aliphatic rings. The average molecular weight is 232 g/mol. The molecule has 0 spiro atoms. The SMILES string of the molecule is COC(OC)C(C)NC(=O)CCNC(C)C. The van der Waals surface area contributed by atoms with Gasteiger partial charge in [-0.25, -0.2) is 0 Å². The molecule has 1 atom stereocenters. The number of carbonyl (C=O) groups excluding carboxylic acids is 1. The molecule has 96 valence electrons. The van der Waals surface area contributed by atoms with Gasteiger partial charge in [-0.2, -0.15) is 0 Å². The van der Waals surface area contributed by atoms with Crippen LogP contribution < -0.4 is 10.6 Å². The first-order chi connectivity index (χ1) is 7.51. The molecule has 0 bridgehead atoms. The van der Waals surface area contributed by atoms with Gasteiger partial charge in [0.2, 0.25) is 5.91 Å². The summed E-state index contributed by atoms with van der Waals surface area (Å²) >= 11 is 0. The molecule has 0 aliphatic carbocycles. The monoisotopic (exact) mass is 232 g/mol. The van der Waals surface area contributed by atoms with Crippen molar-refractivity contribution in [2.75, 3.05) is 20.8 Å². The van der Waals surface area contributed by atoms with Crippen molar-refractivity contribution >= 4 is 5.91 Å². The zero-order chi connectivity index (χ0) is 12.6. The summed E-state index contributed by atoms with van der Waals surface area (Å²) in [6.45, 7) is 6.63. The van der Waals surface area contributed by atoms with E-state index in [2.05, 4.69) is 10.6 Å². The molecule has 0 aliphatic heterocycles. The average Bonchev–Trinajstić information content (AvgIpc) is 2.18. The molecule has 5 nitrogen and oxygen atoms in total. The lowest BCUT2D eigenvalue weighted by Gasteiger charge is -2.22. The van der Waals surface area contributed by atoms with Crippen molar-refractivity contribution in [1.82, 2.24) is 10.6 Å². The van der Waals surface area contributed by atoms with Gasteiger partial charge in [0.05, 0.1) is 6.04 Å². The molecule has 16 heavy (non-hydrogen) atoms. The second-order valence-corrected chi connectivity index (χ2v) is 4.05. The summed E-state index contributed by atoms with van der Waals surface area (Å²) in [4.78, 5) is 11.5. The van der Waals surface area contributed by atoms with Crippen LogP contribution >= 0.6 is 0 Å². The fourth-order valence-electron chi connectivity index (χ4n) is 1.37. The van der Waals surface area contributed by atoms with Crippen LogP contribution in [0.25, 0.3) is 0 Å². The largest absolute Gasteiger partial charge is 0.354 e. The smallest absolute Gasteiger partial charge is 0.221 e. The van der Waals surface area contributed by atoms with Gasteiger partial charge in [-0.3, -0.25) is 4.79 Å². The van der Waals surface area contributed by atoms with Gasteiger partial charge in [0, 0.05) is 33.2 Å². The Labute approximate surface area is 97.9 Å². The van der Waals surface area contributed by atoms with Crippen LogP contribution in [0.1, 0.15) is 27.2 Å². The van der Waals surface area contributed by atoms with E-state index >= 15 is 0 Å². The quantitative estimate of drug-likeness (QED) is 0.598. The Kier molecular flexibility index (Phi) is 8.15. The maximum absolute atomic E-state index is 11.5. The summed E-state index contributed by atoms with van der Waals surface area (Å²) in [5.41, 5.74) is 0. The highest BCUT2D eigenvalue weighted by atomic mass is 16.7. The van der Waals surface area contributed by atoms with E-state index in [9.17, 15) is 4.79 Å². The molecule has 0 saturated heterocycles. The summed E-state index contributed by atoms with van der Waals surface area (Å²) in [5, 5.41) is 6.01. The molecular weight excluding hydrogens is 208 g/mol. The predicted molar refractivity (Wildman–Crippen MR) is 63.2 cm³/mol. The van der Waals surface area contributed by atoms with Gasteiger partial charge in [0.1, 0.15) is 0 Å². The number of carbonyl (C=O) groups is 1. The summed E-state index contributed by atoms with van der Waals surface area (Å²) in [5.74, 6) is -0.000231.